The van der Waals surface area contributed by atoms with E-state index >= 15 is 0 Å². The molecular formula is C20H23NO5S2. The number of nitrogens with one attached hydrogen (secondary N) is 1. The zero-order valence-electron chi connectivity index (χ0n) is 15.9. The van der Waals surface area contributed by atoms with Crippen molar-refractivity contribution in [3.8, 4) is 0 Å². The molecule has 6 nitrogen and oxygen atoms in total. The average molecular weight is 422 g/mol. The minimum absolute atomic E-state index is 0.0766. The van der Waals surface area contributed by atoms with Crippen LogP contribution in [0.3, 0.4) is 0 Å². The van der Waals surface area contributed by atoms with Crippen molar-refractivity contribution >= 4 is 38.1 Å². The molecule has 0 atom stereocenters. The first kappa shape index (κ1) is 20.5. The number of fused-ring (bicyclic) bond motifs is 1. The van der Waals surface area contributed by atoms with Gasteiger partial charge in [0, 0.05) is 16.7 Å². The Balaban J connectivity index is 1.95. The van der Waals surface area contributed by atoms with Crippen molar-refractivity contribution in [2.24, 2.45) is 0 Å². The maximum atomic E-state index is 12.8. The molecule has 0 aliphatic heterocycles. The maximum Gasteiger partial charge on any atom is 0.341 e. The van der Waals surface area contributed by atoms with E-state index in [1.54, 1.807) is 13.0 Å². The third kappa shape index (κ3) is 4.44. The first-order valence-electron chi connectivity index (χ1n) is 9.24. The molecule has 0 fully saturated rings. The fourth-order valence-corrected chi connectivity index (χ4v) is 5.23. The minimum Gasteiger partial charge on any atom is -0.462 e. The van der Waals surface area contributed by atoms with Crippen molar-refractivity contribution in [1.29, 1.82) is 0 Å². The fourth-order valence-electron chi connectivity index (χ4n) is 3.29. The van der Waals surface area contributed by atoms with Gasteiger partial charge in [0.05, 0.1) is 17.1 Å². The van der Waals surface area contributed by atoms with Crippen LogP contribution in [-0.4, -0.2) is 33.2 Å². The van der Waals surface area contributed by atoms with E-state index in [2.05, 4.69) is 5.32 Å². The van der Waals surface area contributed by atoms with Crippen LogP contribution in [0.15, 0.2) is 29.2 Å². The average Bonchev–Trinajstić information content (AvgIpc) is 2.82. The van der Waals surface area contributed by atoms with Gasteiger partial charge in [-0.05, 0) is 56.4 Å². The minimum atomic E-state index is -3.42. The summed E-state index contributed by atoms with van der Waals surface area (Å²) in [6.45, 7) is 2.01. The molecule has 0 unspecified atom stereocenters. The number of thiophene rings is 1. The van der Waals surface area contributed by atoms with Crippen molar-refractivity contribution < 1.29 is 22.7 Å². The molecule has 0 bridgehead atoms. The van der Waals surface area contributed by atoms with Gasteiger partial charge in [-0.25, -0.2) is 13.2 Å². The Labute approximate surface area is 168 Å². The highest BCUT2D eigenvalue weighted by molar-refractivity contribution is 7.90. The van der Waals surface area contributed by atoms with Crippen LogP contribution in [-0.2, 0) is 27.4 Å². The molecule has 8 heteroatoms. The van der Waals surface area contributed by atoms with Gasteiger partial charge in [0.1, 0.15) is 5.00 Å². The zero-order chi connectivity index (χ0) is 20.3. The van der Waals surface area contributed by atoms with Crippen molar-refractivity contribution in [3.05, 3.63) is 45.8 Å². The molecule has 3 rings (SSSR count). The summed E-state index contributed by atoms with van der Waals surface area (Å²) < 4.78 is 28.7. The molecule has 0 spiro atoms. The van der Waals surface area contributed by atoms with E-state index in [9.17, 15) is 18.0 Å². The number of amides is 1. The fraction of sp³-hybridized carbons (Fsp3) is 0.400. The number of hydrogen-bond donors (Lipinski definition) is 1. The second kappa shape index (κ2) is 8.45. The molecule has 28 heavy (non-hydrogen) atoms. The van der Waals surface area contributed by atoms with Crippen LogP contribution in [0, 0.1) is 0 Å². The molecule has 1 N–H and O–H groups in total. The van der Waals surface area contributed by atoms with Crippen LogP contribution in [0.1, 0.15) is 57.3 Å². The number of rotatable bonds is 5. The normalized spacial score (nSPS) is 14.1. The number of esters is 1. The highest BCUT2D eigenvalue weighted by atomic mass is 32.2. The first-order chi connectivity index (χ1) is 13.3. The van der Waals surface area contributed by atoms with Crippen LogP contribution in [0.4, 0.5) is 5.00 Å². The third-order valence-corrected chi connectivity index (χ3v) is 6.97. The lowest BCUT2D eigenvalue weighted by atomic mass is 10.1. The van der Waals surface area contributed by atoms with Crippen molar-refractivity contribution in [3.63, 3.8) is 0 Å². The molecule has 1 amide bonds. The Morgan fingerprint density at radius 1 is 1.18 bits per heavy atom. The number of benzene rings is 1. The number of anilines is 1. The molecule has 1 aromatic carbocycles. The topological polar surface area (TPSA) is 89.5 Å². The Kier molecular flexibility index (Phi) is 6.20. The van der Waals surface area contributed by atoms with E-state index in [-0.39, 0.29) is 17.1 Å². The summed E-state index contributed by atoms with van der Waals surface area (Å²) in [4.78, 5) is 26.5. The number of sulfone groups is 1. The zero-order valence-corrected chi connectivity index (χ0v) is 17.5. The number of carbonyl (C=O) groups is 2. The quantitative estimate of drug-likeness (QED) is 0.585. The maximum absolute atomic E-state index is 12.8. The predicted octanol–water partition coefficient (Wildman–Crippen LogP) is 3.85. The SMILES string of the molecule is CCOC(=O)c1c(NC(=O)c2cccc(S(C)(=O)=O)c2)sc2c1CCCCC2. The molecule has 0 radical (unpaired) electrons. The van der Waals surface area contributed by atoms with Crippen LogP contribution in [0.2, 0.25) is 0 Å². The molecular weight excluding hydrogens is 398 g/mol. The van der Waals surface area contributed by atoms with Gasteiger partial charge in [0.15, 0.2) is 9.84 Å². The third-order valence-electron chi connectivity index (χ3n) is 4.65. The standard InChI is InChI=1S/C20H23NO5S2/c1-3-26-20(23)17-15-10-5-4-6-11-16(15)27-19(17)21-18(22)13-8-7-9-14(12-13)28(2,24)25/h7-9,12H,3-6,10-11H2,1-2H3,(H,21,22). The van der Waals surface area contributed by atoms with Gasteiger partial charge in [-0.1, -0.05) is 12.5 Å². The van der Waals surface area contributed by atoms with E-state index in [4.69, 9.17) is 4.74 Å². The number of hydrogen-bond acceptors (Lipinski definition) is 6. The monoisotopic (exact) mass is 421 g/mol. The van der Waals surface area contributed by atoms with E-state index < -0.39 is 21.7 Å². The van der Waals surface area contributed by atoms with Gasteiger partial charge < -0.3 is 10.1 Å². The Morgan fingerprint density at radius 3 is 2.64 bits per heavy atom. The summed E-state index contributed by atoms with van der Waals surface area (Å²) in [6, 6.07) is 5.87. The summed E-state index contributed by atoms with van der Waals surface area (Å²) in [6.07, 6.45) is 5.94. The lowest BCUT2D eigenvalue weighted by Crippen LogP contribution is -2.15. The van der Waals surface area contributed by atoms with Gasteiger partial charge in [-0.2, -0.15) is 0 Å². The summed E-state index contributed by atoms with van der Waals surface area (Å²) in [7, 11) is -3.42. The lowest BCUT2D eigenvalue weighted by Gasteiger charge is -2.09. The Morgan fingerprint density at radius 2 is 1.93 bits per heavy atom. The molecule has 1 heterocycles. The van der Waals surface area contributed by atoms with E-state index in [0.29, 0.717) is 10.6 Å². The van der Waals surface area contributed by atoms with Gasteiger partial charge in [-0.3, -0.25) is 4.79 Å². The second-order valence-electron chi connectivity index (χ2n) is 6.74. The second-order valence-corrected chi connectivity index (χ2v) is 9.86. The van der Waals surface area contributed by atoms with E-state index in [0.717, 1.165) is 48.8 Å². The van der Waals surface area contributed by atoms with Crippen molar-refractivity contribution in [1.82, 2.24) is 0 Å². The van der Waals surface area contributed by atoms with Crippen LogP contribution in [0.5, 0.6) is 0 Å². The van der Waals surface area contributed by atoms with Gasteiger partial charge in [0.2, 0.25) is 0 Å². The predicted molar refractivity (Wildman–Crippen MR) is 109 cm³/mol. The molecule has 150 valence electrons. The summed E-state index contributed by atoms with van der Waals surface area (Å²) in [5.74, 6) is -0.880. The molecule has 1 aromatic heterocycles. The molecule has 1 aliphatic carbocycles. The number of carbonyl (C=O) groups excluding carboxylic acids is 2. The highest BCUT2D eigenvalue weighted by Crippen LogP contribution is 2.38. The largest absolute Gasteiger partial charge is 0.462 e. The van der Waals surface area contributed by atoms with Gasteiger partial charge >= 0.3 is 5.97 Å². The van der Waals surface area contributed by atoms with E-state index in [1.807, 2.05) is 0 Å². The number of aryl methyl sites for hydroxylation is 1. The molecule has 2 aromatic rings. The summed E-state index contributed by atoms with van der Waals surface area (Å²) in [5.41, 5.74) is 1.64. The molecule has 1 aliphatic rings. The van der Waals surface area contributed by atoms with Gasteiger partial charge in [0.25, 0.3) is 5.91 Å². The van der Waals surface area contributed by atoms with Crippen molar-refractivity contribution in [2.75, 3.05) is 18.2 Å². The lowest BCUT2D eigenvalue weighted by molar-refractivity contribution is 0.0527. The smallest absolute Gasteiger partial charge is 0.341 e. The summed E-state index contributed by atoms with van der Waals surface area (Å²) in [5, 5.41) is 3.28. The Bertz CT molecular complexity index is 1010. The highest BCUT2D eigenvalue weighted by Gasteiger charge is 2.27. The van der Waals surface area contributed by atoms with Crippen LogP contribution in [0.25, 0.3) is 0 Å². The molecule has 0 saturated heterocycles. The molecule has 0 saturated carbocycles. The van der Waals surface area contributed by atoms with Crippen LogP contribution < -0.4 is 5.32 Å². The summed E-state index contributed by atoms with van der Waals surface area (Å²) >= 11 is 1.41. The van der Waals surface area contributed by atoms with Crippen LogP contribution >= 0.6 is 11.3 Å². The first-order valence-corrected chi connectivity index (χ1v) is 11.9. The number of ether oxygens (including phenoxy) is 1. The van der Waals surface area contributed by atoms with Gasteiger partial charge in [-0.15, -0.1) is 11.3 Å². The Hall–Kier alpha value is -2.19. The van der Waals surface area contributed by atoms with E-state index in [1.165, 1.54) is 29.5 Å². The van der Waals surface area contributed by atoms with Crippen molar-refractivity contribution in [2.45, 2.75) is 43.9 Å².